The van der Waals surface area contributed by atoms with E-state index in [1.54, 1.807) is 0 Å². The third-order valence-corrected chi connectivity index (χ3v) is 8.54. The highest BCUT2D eigenvalue weighted by Crippen LogP contribution is 2.29. The molecule has 4 amide bonds. The van der Waals surface area contributed by atoms with Crippen molar-refractivity contribution in [2.75, 3.05) is 39.3 Å². The molecule has 0 saturated heterocycles. The van der Waals surface area contributed by atoms with Gasteiger partial charge in [-0.1, -0.05) is 12.8 Å². The number of fused-ring (bicyclic) bond motifs is 2. The lowest BCUT2D eigenvalue weighted by Gasteiger charge is -2.19. The molecule has 2 aromatic carbocycles. The Morgan fingerprint density at radius 3 is 0.905 bits per heavy atom. The standard InChI is InChI=1S/C32H44N8O6.4C2HF3O2/c33-11-3-1-5-25(35)31(45)39-15-13-37-29(43)19-7-9-21-23(17-19)27(41)22-10-8-20(18-24(22)28(21)42)30(44)38-14-16-40-32(46)26(36)6-2-4-12-34;4*3-2(4,5)1(6)7/h7-10,17-18,25-26H,1-6,11-16,33-36H2,(H,37,43)(H,38,44)(H,39,45)(H,40,46);4*(H,6,7)/t25-,26-;;;;/m0..../s1. The minimum Gasteiger partial charge on any atom is -0.475 e. The van der Waals surface area contributed by atoms with Gasteiger partial charge in [0.15, 0.2) is 11.6 Å². The third-order valence-electron chi connectivity index (χ3n) is 8.54. The quantitative estimate of drug-likeness (QED) is 0.0636. The first kappa shape index (κ1) is 68.6. The van der Waals surface area contributed by atoms with Gasteiger partial charge >= 0.3 is 48.6 Å². The molecule has 0 fully saturated rings. The van der Waals surface area contributed by atoms with Gasteiger partial charge < -0.3 is 64.6 Å². The maximum Gasteiger partial charge on any atom is 0.490 e. The lowest BCUT2D eigenvalue weighted by atomic mass is 9.82. The Hall–Kier alpha value is -7.46. The van der Waals surface area contributed by atoms with Crippen LogP contribution in [0.3, 0.4) is 0 Å². The van der Waals surface area contributed by atoms with Crippen molar-refractivity contribution >= 4 is 59.1 Å². The van der Waals surface area contributed by atoms with Crippen LogP contribution in [0, 0.1) is 0 Å². The molecule has 0 saturated carbocycles. The van der Waals surface area contributed by atoms with Gasteiger partial charge in [0.25, 0.3) is 11.8 Å². The van der Waals surface area contributed by atoms with Crippen molar-refractivity contribution in [3.63, 3.8) is 0 Å². The van der Waals surface area contributed by atoms with Gasteiger partial charge in [-0.2, -0.15) is 52.7 Å². The molecule has 0 aliphatic heterocycles. The number of nitrogens with one attached hydrogen (secondary N) is 4. The Labute approximate surface area is 408 Å². The van der Waals surface area contributed by atoms with Gasteiger partial charge in [-0.05, 0) is 75.2 Å². The van der Waals surface area contributed by atoms with Crippen LogP contribution >= 0.6 is 0 Å². The number of hydrogen-bond acceptors (Lipinski definition) is 14. The van der Waals surface area contributed by atoms with Crippen molar-refractivity contribution in [3.8, 4) is 0 Å². The van der Waals surface area contributed by atoms with E-state index < -0.39 is 84.0 Å². The summed E-state index contributed by atoms with van der Waals surface area (Å²) in [7, 11) is 0. The number of rotatable bonds is 18. The van der Waals surface area contributed by atoms with Crippen LogP contribution in [-0.2, 0) is 28.8 Å². The minimum atomic E-state index is -5.08. The summed E-state index contributed by atoms with van der Waals surface area (Å²) in [6.45, 7) is 1.66. The highest BCUT2D eigenvalue weighted by atomic mass is 19.4. The number of carbonyl (C=O) groups is 10. The molecule has 74 heavy (non-hydrogen) atoms. The topological polar surface area (TPSA) is 404 Å². The number of halogens is 12. The number of hydrogen-bond donors (Lipinski definition) is 12. The van der Waals surface area contributed by atoms with E-state index in [0.29, 0.717) is 25.9 Å². The van der Waals surface area contributed by atoms with Crippen LogP contribution in [-0.4, -0.2) is 156 Å². The van der Waals surface area contributed by atoms with Crippen LogP contribution in [0.1, 0.15) is 91.1 Å². The number of amides is 4. The lowest BCUT2D eigenvalue weighted by molar-refractivity contribution is -0.193. The number of carboxylic acid groups (broad SMARTS) is 4. The van der Waals surface area contributed by atoms with Crippen LogP contribution < -0.4 is 44.2 Å². The largest absolute Gasteiger partial charge is 0.490 e. The van der Waals surface area contributed by atoms with E-state index in [9.17, 15) is 81.5 Å². The highest BCUT2D eigenvalue weighted by molar-refractivity contribution is 6.29. The average Bonchev–Trinajstić information content (AvgIpc) is 3.29. The van der Waals surface area contributed by atoms with Crippen LogP contribution in [0.2, 0.25) is 0 Å². The number of unbranched alkanes of at least 4 members (excludes halogenated alkanes) is 2. The van der Waals surface area contributed by atoms with E-state index in [2.05, 4.69) is 21.3 Å². The van der Waals surface area contributed by atoms with Gasteiger partial charge in [0.1, 0.15) is 0 Å². The Bertz CT molecular complexity index is 2070. The summed E-state index contributed by atoms with van der Waals surface area (Å²) in [5.41, 5.74) is 23.4. The fraction of sp³-hybridized carbons (Fsp3) is 0.450. The number of nitrogens with two attached hydrogens (primary N) is 4. The van der Waals surface area contributed by atoms with Gasteiger partial charge in [0.2, 0.25) is 11.8 Å². The normalized spacial score (nSPS) is 12.5. The molecule has 416 valence electrons. The summed E-state index contributed by atoms with van der Waals surface area (Å²) < 4.78 is 127. The first-order valence-electron chi connectivity index (χ1n) is 20.5. The van der Waals surface area contributed by atoms with Crippen LogP contribution in [0.4, 0.5) is 52.7 Å². The Balaban J connectivity index is 0. The van der Waals surface area contributed by atoms with E-state index in [1.165, 1.54) is 36.4 Å². The summed E-state index contributed by atoms with van der Waals surface area (Å²) in [6.07, 6.45) is -16.2. The van der Waals surface area contributed by atoms with Gasteiger partial charge in [-0.25, -0.2) is 19.2 Å². The number of aliphatic carboxylic acids is 4. The van der Waals surface area contributed by atoms with Gasteiger partial charge in [0, 0.05) is 59.6 Å². The molecular formula is C40H48F12N8O14. The van der Waals surface area contributed by atoms with Gasteiger partial charge in [0.05, 0.1) is 12.1 Å². The average molecular weight is 1090 g/mol. The fourth-order valence-corrected chi connectivity index (χ4v) is 4.90. The predicted molar refractivity (Wildman–Crippen MR) is 227 cm³/mol. The fourth-order valence-electron chi connectivity index (χ4n) is 4.90. The maximum atomic E-state index is 13.3. The number of carbonyl (C=O) groups excluding carboxylic acids is 6. The van der Waals surface area contributed by atoms with Gasteiger partial charge in [-0.15, -0.1) is 0 Å². The zero-order valence-corrected chi connectivity index (χ0v) is 37.8. The molecule has 0 bridgehead atoms. The summed E-state index contributed by atoms with van der Waals surface area (Å²) in [5.74, 6) is -13.5. The van der Waals surface area contributed by atoms with E-state index in [-0.39, 0.29) is 71.4 Å². The maximum absolute atomic E-state index is 13.3. The first-order valence-corrected chi connectivity index (χ1v) is 20.5. The molecule has 0 aromatic heterocycles. The minimum absolute atomic E-state index is 0.0797. The number of alkyl halides is 12. The zero-order chi connectivity index (χ0) is 57.9. The predicted octanol–water partition coefficient (Wildman–Crippen LogP) is 1.60. The summed E-state index contributed by atoms with van der Waals surface area (Å²) in [6, 6.07) is 7.10. The second kappa shape index (κ2) is 31.9. The Morgan fingerprint density at radius 2 is 0.676 bits per heavy atom. The summed E-state index contributed by atoms with van der Waals surface area (Å²) in [4.78, 5) is 112. The molecule has 16 N–H and O–H groups in total. The van der Waals surface area contributed by atoms with Crippen molar-refractivity contribution in [1.29, 1.82) is 0 Å². The van der Waals surface area contributed by atoms with E-state index in [0.717, 1.165) is 25.7 Å². The van der Waals surface area contributed by atoms with Gasteiger partial charge in [-0.3, -0.25) is 28.8 Å². The van der Waals surface area contributed by atoms with E-state index in [1.807, 2.05) is 0 Å². The van der Waals surface area contributed by atoms with Crippen LogP contribution in [0.5, 0.6) is 0 Å². The SMILES string of the molecule is NCCCC[C@H](N)C(=O)NCCNC(=O)c1ccc2c(c1)C(=O)c1ccc(C(=O)NCCNC(=O)[C@@H](N)CCCCN)cc1C2=O.O=C(O)C(F)(F)F.O=C(O)C(F)(F)F.O=C(O)C(F)(F)F.O=C(O)C(F)(F)F. The Morgan fingerprint density at radius 1 is 0.432 bits per heavy atom. The molecule has 0 radical (unpaired) electrons. The van der Waals surface area contributed by atoms with Crippen molar-refractivity contribution in [1.82, 2.24) is 21.3 Å². The molecule has 0 spiro atoms. The third kappa shape index (κ3) is 26.8. The molecular weight excluding hydrogens is 1040 g/mol. The molecule has 0 heterocycles. The van der Waals surface area contributed by atoms with Crippen LogP contribution in [0.15, 0.2) is 36.4 Å². The summed E-state index contributed by atoms with van der Waals surface area (Å²) >= 11 is 0. The number of benzene rings is 2. The molecule has 34 heteroatoms. The number of ketones is 2. The van der Waals surface area contributed by atoms with E-state index >= 15 is 0 Å². The summed E-state index contributed by atoms with van der Waals surface area (Å²) in [5, 5.41) is 39.2. The van der Waals surface area contributed by atoms with Crippen molar-refractivity contribution in [2.45, 2.75) is 75.3 Å². The number of carboxylic acids is 4. The molecule has 1 aliphatic carbocycles. The zero-order valence-electron chi connectivity index (χ0n) is 37.8. The second-order valence-corrected chi connectivity index (χ2v) is 14.3. The molecule has 22 nitrogen and oxygen atoms in total. The van der Waals surface area contributed by atoms with Crippen molar-refractivity contribution < 1.29 is 121 Å². The smallest absolute Gasteiger partial charge is 0.475 e. The molecule has 2 atom stereocenters. The Kier molecular flexibility index (Phi) is 29.6. The monoisotopic (exact) mass is 1090 g/mol. The van der Waals surface area contributed by atoms with E-state index in [4.69, 9.17) is 62.5 Å². The van der Waals surface area contributed by atoms with Crippen LogP contribution in [0.25, 0.3) is 0 Å². The molecule has 2 aromatic rings. The lowest BCUT2D eigenvalue weighted by Crippen LogP contribution is -2.43. The first-order chi connectivity index (χ1) is 33.9. The molecule has 3 rings (SSSR count). The van der Waals surface area contributed by atoms with Crippen molar-refractivity contribution in [3.05, 3.63) is 69.8 Å². The highest BCUT2D eigenvalue weighted by Gasteiger charge is 2.40. The van der Waals surface area contributed by atoms with Crippen molar-refractivity contribution in [2.24, 2.45) is 22.9 Å². The molecule has 1 aliphatic rings. The molecule has 0 unspecified atom stereocenters. The second-order valence-electron chi connectivity index (χ2n) is 14.3.